The number of methoxy groups -OCH3 is 3. The Morgan fingerprint density at radius 3 is 2.33 bits per heavy atom. The van der Waals surface area contributed by atoms with Crippen LogP contribution in [0.4, 0.5) is 0 Å². The first kappa shape index (κ1) is 26.7. The van der Waals surface area contributed by atoms with Crippen LogP contribution in [0.5, 0.6) is 17.2 Å². The number of hydrogen-bond acceptors (Lipinski definition) is 7. The average Bonchev–Trinajstić information content (AvgIpc) is 3.06. The third kappa shape index (κ3) is 6.72. The van der Waals surface area contributed by atoms with E-state index in [4.69, 9.17) is 23.7 Å². The Morgan fingerprint density at radius 2 is 1.79 bits per heavy atom. The first-order valence-electron chi connectivity index (χ1n) is 11.0. The Bertz CT molecular complexity index is 872. The summed E-state index contributed by atoms with van der Waals surface area (Å²) in [6.45, 7) is 7.53. The van der Waals surface area contributed by atoms with Crippen LogP contribution in [-0.4, -0.2) is 61.6 Å². The predicted molar refractivity (Wildman–Crippen MR) is 125 cm³/mol. The number of carboxylic acid groups (broad SMARTS) is 1. The van der Waals surface area contributed by atoms with Crippen LogP contribution in [0.25, 0.3) is 6.08 Å². The molecule has 0 amide bonds. The van der Waals surface area contributed by atoms with Gasteiger partial charge in [-0.05, 0) is 33.6 Å². The van der Waals surface area contributed by atoms with Crippen LogP contribution in [0.2, 0.25) is 0 Å². The van der Waals surface area contributed by atoms with Crippen LogP contribution in [-0.2, 0) is 9.47 Å². The summed E-state index contributed by atoms with van der Waals surface area (Å²) in [6, 6.07) is 1.49. The molecule has 0 spiro atoms. The van der Waals surface area contributed by atoms with Crippen molar-refractivity contribution >= 4 is 12.0 Å². The summed E-state index contributed by atoms with van der Waals surface area (Å²) in [5.74, 6) is -0.958. The second-order valence-electron chi connectivity index (χ2n) is 8.56. The van der Waals surface area contributed by atoms with Gasteiger partial charge < -0.3 is 33.9 Å². The van der Waals surface area contributed by atoms with Crippen LogP contribution in [0.3, 0.4) is 0 Å². The Kier molecular flexibility index (Phi) is 9.34. The maximum atomic E-state index is 12.0. The maximum absolute atomic E-state index is 12.0. The molecule has 0 radical (unpaired) electrons. The van der Waals surface area contributed by atoms with Crippen molar-refractivity contribution in [2.24, 2.45) is 5.92 Å². The van der Waals surface area contributed by atoms with Crippen molar-refractivity contribution in [2.45, 2.75) is 64.6 Å². The minimum Gasteiger partial charge on any atom is -0.496 e. The fraction of sp³-hybridized carbons (Fsp3) is 0.560. The lowest BCUT2D eigenvalue weighted by molar-refractivity contribution is -0.148. The lowest BCUT2D eigenvalue weighted by Crippen LogP contribution is -2.28. The molecule has 1 aliphatic heterocycles. The van der Waals surface area contributed by atoms with Gasteiger partial charge in [0.1, 0.15) is 11.3 Å². The summed E-state index contributed by atoms with van der Waals surface area (Å²) in [5.41, 5.74) is 0.335. The molecule has 0 bridgehead atoms. The van der Waals surface area contributed by atoms with E-state index in [2.05, 4.69) is 0 Å². The van der Waals surface area contributed by atoms with Crippen molar-refractivity contribution < 1.29 is 38.7 Å². The molecular formula is C25H36O8. The zero-order valence-corrected chi connectivity index (χ0v) is 20.5. The van der Waals surface area contributed by atoms with Crippen LogP contribution in [0, 0.1) is 5.92 Å². The van der Waals surface area contributed by atoms with Crippen molar-refractivity contribution in [3.63, 3.8) is 0 Å². The van der Waals surface area contributed by atoms with Crippen molar-refractivity contribution in [3.8, 4) is 17.2 Å². The van der Waals surface area contributed by atoms with Crippen molar-refractivity contribution in [2.75, 3.05) is 21.3 Å². The minimum atomic E-state index is -1.14. The van der Waals surface area contributed by atoms with E-state index in [1.807, 2.05) is 39.0 Å². The summed E-state index contributed by atoms with van der Waals surface area (Å²) in [4.78, 5) is 12.0. The molecule has 1 aromatic carbocycles. The monoisotopic (exact) mass is 464 g/mol. The largest absolute Gasteiger partial charge is 0.496 e. The molecule has 184 valence electrons. The van der Waals surface area contributed by atoms with Gasteiger partial charge in [0.05, 0.1) is 39.6 Å². The topological polar surface area (TPSA) is 104 Å². The van der Waals surface area contributed by atoms with E-state index >= 15 is 0 Å². The SMILES string of the molecule is COc1cc(OC)c(C(=O)O)c(/C=C/C[C@@H]2OC(C)(C)O[C@@H]2C(C)/C=C\C[C@@H](C)O)c1OC. The number of carboxylic acids is 1. The molecule has 0 aliphatic carbocycles. The highest BCUT2D eigenvalue weighted by Crippen LogP contribution is 2.41. The molecule has 1 unspecified atom stereocenters. The molecular weight excluding hydrogens is 428 g/mol. The van der Waals surface area contributed by atoms with E-state index in [1.165, 1.54) is 27.4 Å². The molecule has 8 nitrogen and oxygen atoms in total. The highest BCUT2D eigenvalue weighted by Gasteiger charge is 2.42. The lowest BCUT2D eigenvalue weighted by atomic mass is 9.96. The normalized spacial score (nSPS) is 21.9. The second kappa shape index (κ2) is 11.5. The number of aromatic carboxylic acids is 1. The fourth-order valence-corrected chi connectivity index (χ4v) is 3.95. The van der Waals surface area contributed by atoms with Gasteiger partial charge in [0.15, 0.2) is 17.3 Å². The summed E-state index contributed by atoms with van der Waals surface area (Å²) >= 11 is 0. The van der Waals surface area contributed by atoms with E-state index in [9.17, 15) is 15.0 Å². The van der Waals surface area contributed by atoms with E-state index < -0.39 is 17.9 Å². The minimum absolute atomic E-state index is 0.0127. The van der Waals surface area contributed by atoms with Crippen molar-refractivity contribution in [1.82, 2.24) is 0 Å². The summed E-state index contributed by atoms with van der Waals surface area (Å²) < 4.78 is 28.3. The van der Waals surface area contributed by atoms with Gasteiger partial charge in [-0.15, -0.1) is 0 Å². The number of rotatable bonds is 11. The number of benzene rings is 1. The highest BCUT2D eigenvalue weighted by atomic mass is 16.8. The number of hydrogen-bond donors (Lipinski definition) is 2. The van der Waals surface area contributed by atoms with Crippen molar-refractivity contribution in [1.29, 1.82) is 0 Å². The van der Waals surface area contributed by atoms with Gasteiger partial charge in [-0.2, -0.15) is 0 Å². The lowest BCUT2D eigenvalue weighted by Gasteiger charge is -2.21. The van der Waals surface area contributed by atoms with Gasteiger partial charge in [0, 0.05) is 17.5 Å². The standard InChI is InChI=1S/C25H36O8/c1-15(10-8-11-16(2)26)22-18(32-25(3,4)33-22)13-9-12-17-21(24(27)28)19(29-5)14-20(30-6)23(17)31-7/h8-10,12,14-16,18,22,26H,11,13H2,1-7H3,(H,27,28)/b10-8-,12-9+/t15?,16-,18+,22-/m1/s1. The first-order valence-corrected chi connectivity index (χ1v) is 11.0. The number of aliphatic hydroxyl groups excluding tert-OH is 1. The zero-order chi connectivity index (χ0) is 24.8. The molecule has 8 heteroatoms. The number of ether oxygens (including phenoxy) is 5. The van der Waals surface area contributed by atoms with Gasteiger partial charge in [-0.3, -0.25) is 0 Å². The molecule has 0 aromatic heterocycles. The smallest absolute Gasteiger partial charge is 0.340 e. The molecule has 1 aromatic rings. The molecule has 1 heterocycles. The Balaban J connectivity index is 2.33. The van der Waals surface area contributed by atoms with Crippen LogP contribution in [0.15, 0.2) is 24.3 Å². The highest BCUT2D eigenvalue weighted by molar-refractivity contribution is 5.97. The maximum Gasteiger partial charge on any atom is 0.340 e. The van der Waals surface area contributed by atoms with Gasteiger partial charge in [-0.25, -0.2) is 4.79 Å². The Morgan fingerprint density at radius 1 is 1.12 bits per heavy atom. The van der Waals surface area contributed by atoms with Gasteiger partial charge >= 0.3 is 5.97 Å². The Labute approximate surface area is 195 Å². The van der Waals surface area contributed by atoms with E-state index in [-0.39, 0.29) is 29.4 Å². The molecule has 1 aliphatic rings. The number of aliphatic hydroxyl groups is 1. The van der Waals surface area contributed by atoms with Crippen LogP contribution >= 0.6 is 0 Å². The van der Waals surface area contributed by atoms with Gasteiger partial charge in [0.2, 0.25) is 0 Å². The van der Waals surface area contributed by atoms with E-state index in [1.54, 1.807) is 13.0 Å². The second-order valence-corrected chi connectivity index (χ2v) is 8.56. The third-order valence-corrected chi connectivity index (χ3v) is 5.41. The molecule has 1 fully saturated rings. The zero-order valence-electron chi connectivity index (χ0n) is 20.5. The van der Waals surface area contributed by atoms with Crippen molar-refractivity contribution in [3.05, 3.63) is 35.4 Å². The molecule has 0 saturated carbocycles. The Hall–Kier alpha value is -2.55. The van der Waals surface area contributed by atoms with Gasteiger partial charge in [-0.1, -0.05) is 31.2 Å². The first-order chi connectivity index (χ1) is 15.5. The molecule has 33 heavy (non-hydrogen) atoms. The molecule has 2 rings (SSSR count). The summed E-state index contributed by atoms with van der Waals surface area (Å²) in [7, 11) is 4.35. The predicted octanol–water partition coefficient (Wildman–Crippen LogP) is 4.30. The van der Waals surface area contributed by atoms with Crippen LogP contribution in [0.1, 0.15) is 56.5 Å². The van der Waals surface area contributed by atoms with Gasteiger partial charge in [0.25, 0.3) is 0 Å². The quantitative estimate of drug-likeness (QED) is 0.467. The fourth-order valence-electron chi connectivity index (χ4n) is 3.95. The van der Waals surface area contributed by atoms with Crippen LogP contribution < -0.4 is 14.2 Å². The molecule has 2 N–H and O–H groups in total. The van der Waals surface area contributed by atoms with E-state index in [0.29, 0.717) is 29.9 Å². The number of carbonyl (C=O) groups is 1. The molecule has 1 saturated heterocycles. The summed E-state index contributed by atoms with van der Waals surface area (Å²) in [5, 5.41) is 19.3. The average molecular weight is 465 g/mol. The van der Waals surface area contributed by atoms with E-state index in [0.717, 1.165) is 0 Å². The molecule has 4 atom stereocenters. The third-order valence-electron chi connectivity index (χ3n) is 5.41. The summed E-state index contributed by atoms with van der Waals surface area (Å²) in [6.07, 6.45) is 7.73.